The minimum Gasteiger partial charge on any atom is -0.337 e. The summed E-state index contributed by atoms with van der Waals surface area (Å²) in [5, 5.41) is 8.73. The molecule has 36 heavy (non-hydrogen) atoms. The van der Waals surface area contributed by atoms with E-state index in [1.807, 2.05) is 7.05 Å². The molecule has 0 fully saturated rings. The van der Waals surface area contributed by atoms with Gasteiger partial charge in [-0.05, 0) is 51.1 Å². The molecule has 5 aromatic rings. The first kappa shape index (κ1) is 26.0. The highest BCUT2D eigenvalue weighted by Crippen LogP contribution is 2.48. The van der Waals surface area contributed by atoms with Gasteiger partial charge in [0.15, 0.2) is 0 Å². The van der Waals surface area contributed by atoms with Gasteiger partial charge < -0.3 is 20.2 Å². The second-order valence-corrected chi connectivity index (χ2v) is 10.4. The van der Waals surface area contributed by atoms with Gasteiger partial charge >= 0.3 is 0 Å². The molecule has 1 aliphatic heterocycles. The van der Waals surface area contributed by atoms with Crippen molar-refractivity contribution < 1.29 is 0 Å². The van der Waals surface area contributed by atoms with Crippen LogP contribution in [-0.4, -0.2) is 22.2 Å². The van der Waals surface area contributed by atoms with Crippen LogP contribution in [-0.2, 0) is 12.1 Å². The third-order valence-corrected chi connectivity index (χ3v) is 7.77. The van der Waals surface area contributed by atoms with Gasteiger partial charge in [-0.3, -0.25) is 0 Å². The summed E-state index contributed by atoms with van der Waals surface area (Å²) in [6.07, 6.45) is 3.31. The first-order valence-corrected chi connectivity index (χ1v) is 12.9. The lowest BCUT2D eigenvalue weighted by molar-refractivity contribution is 0.429. The number of nitrogens with two attached hydrogens (primary N) is 1. The molecule has 2 unspecified atom stereocenters. The maximum absolute atomic E-state index is 6.85. The molecule has 6 rings (SSSR count). The number of nitrogens with zero attached hydrogens (tertiary/aromatic N) is 2. The van der Waals surface area contributed by atoms with Gasteiger partial charge in [0.2, 0.25) is 0 Å². The maximum atomic E-state index is 6.85. The third-order valence-electron chi connectivity index (χ3n) is 7.77. The Kier molecular flexibility index (Phi) is 6.80. The molecule has 0 aliphatic carbocycles. The Hall–Kier alpha value is -3.08. The normalized spacial score (nSPS) is 17.3. The molecule has 0 spiro atoms. The van der Waals surface area contributed by atoms with E-state index in [9.17, 15) is 0 Å². The fourth-order valence-corrected chi connectivity index (χ4v) is 5.98. The van der Waals surface area contributed by atoms with Crippen LogP contribution in [0.5, 0.6) is 0 Å². The highest BCUT2D eigenvalue weighted by atomic mass is 15.1. The topological polar surface area (TPSA) is 47.9 Å². The lowest BCUT2D eigenvalue weighted by Gasteiger charge is -2.29. The lowest BCUT2D eigenvalue weighted by atomic mass is 9.84. The summed E-state index contributed by atoms with van der Waals surface area (Å²) in [6, 6.07) is 17.7. The van der Waals surface area contributed by atoms with Gasteiger partial charge in [-0.1, -0.05) is 76.7 Å². The zero-order valence-corrected chi connectivity index (χ0v) is 21.9. The van der Waals surface area contributed by atoms with E-state index in [1.54, 1.807) is 0 Å². The number of aromatic nitrogens is 2. The molecule has 0 radical (unpaired) electrons. The van der Waals surface area contributed by atoms with Crippen molar-refractivity contribution in [1.29, 1.82) is 0 Å². The van der Waals surface area contributed by atoms with Gasteiger partial charge in [0, 0.05) is 56.7 Å². The number of hydrogen-bond donors (Lipinski definition) is 2. The Bertz CT molecular complexity index is 1580. The fourth-order valence-electron chi connectivity index (χ4n) is 5.98. The highest BCUT2D eigenvalue weighted by Gasteiger charge is 2.34. The van der Waals surface area contributed by atoms with E-state index < -0.39 is 0 Å². The van der Waals surface area contributed by atoms with E-state index in [4.69, 9.17) is 5.73 Å². The number of fused-ring (bicyclic) bond motifs is 6. The molecule has 2 aromatic heterocycles. The van der Waals surface area contributed by atoms with Gasteiger partial charge in [0.05, 0.1) is 11.0 Å². The van der Waals surface area contributed by atoms with E-state index in [0.717, 1.165) is 6.54 Å². The molecule has 3 aromatic carbocycles. The molecule has 4 heteroatoms. The zero-order valence-electron chi connectivity index (χ0n) is 21.9. The molecule has 0 amide bonds. The van der Waals surface area contributed by atoms with E-state index >= 15 is 0 Å². The van der Waals surface area contributed by atoms with Gasteiger partial charge in [0.25, 0.3) is 0 Å². The van der Waals surface area contributed by atoms with Gasteiger partial charge in [-0.15, -0.1) is 0 Å². The van der Waals surface area contributed by atoms with E-state index in [0.29, 0.717) is 0 Å². The standard InChI is InChI=1S/C28H30N4.C3H8.CH4/c1-6-17-23-18-11-7-9-13-21(18)31-15-20(29)16(2)32-22-14-10-8-12-19(22)24(27(32)26(23)31)25(17)28(3,4)30-5;1-3-2;/h6-14,16,20,30H,1,15,29H2,2-5H3;3H2,1-2H3;1H4. The van der Waals surface area contributed by atoms with Crippen LogP contribution in [0, 0.1) is 0 Å². The Morgan fingerprint density at radius 2 is 1.56 bits per heavy atom. The largest absolute Gasteiger partial charge is 0.337 e. The number of para-hydroxylation sites is 2. The first-order chi connectivity index (χ1) is 16.8. The molecule has 0 saturated heterocycles. The van der Waals surface area contributed by atoms with Gasteiger partial charge in [-0.2, -0.15) is 0 Å². The maximum Gasteiger partial charge on any atom is 0.0746 e. The van der Waals surface area contributed by atoms with Gasteiger partial charge in [-0.25, -0.2) is 0 Å². The summed E-state index contributed by atoms with van der Waals surface area (Å²) in [5.41, 5.74) is 14.2. The summed E-state index contributed by atoms with van der Waals surface area (Å²) in [6.45, 7) is 16.1. The summed E-state index contributed by atoms with van der Waals surface area (Å²) >= 11 is 0. The second-order valence-electron chi connectivity index (χ2n) is 10.4. The molecule has 0 bridgehead atoms. The minimum absolute atomic E-state index is 0. The molecule has 4 nitrogen and oxygen atoms in total. The number of nitrogens with one attached hydrogen (secondary N) is 1. The first-order valence-electron chi connectivity index (χ1n) is 12.9. The average molecular weight is 483 g/mol. The average Bonchev–Trinajstić information content (AvgIpc) is 3.33. The van der Waals surface area contributed by atoms with E-state index in [-0.39, 0.29) is 25.0 Å². The Morgan fingerprint density at radius 3 is 2.14 bits per heavy atom. The molecule has 3 N–H and O–H groups in total. The Morgan fingerprint density at radius 1 is 1.00 bits per heavy atom. The number of benzene rings is 3. The quantitative estimate of drug-likeness (QED) is 0.274. The molecule has 3 heterocycles. The van der Waals surface area contributed by atoms with Crippen LogP contribution in [0.15, 0.2) is 55.1 Å². The van der Waals surface area contributed by atoms with Crippen LogP contribution in [0.3, 0.4) is 0 Å². The summed E-state index contributed by atoms with van der Waals surface area (Å²) in [4.78, 5) is 0. The van der Waals surface area contributed by atoms with Crippen molar-refractivity contribution in [2.75, 3.05) is 7.05 Å². The summed E-state index contributed by atoms with van der Waals surface area (Å²) in [5.74, 6) is 0. The number of hydrogen-bond acceptors (Lipinski definition) is 2. The molecule has 190 valence electrons. The SMILES string of the molecule is C.C=Cc1c(C(C)(C)NC)c2c3ccccc3n3c2c2c1c1ccccc1n2CC(N)C3C.CCC. The van der Waals surface area contributed by atoms with Crippen molar-refractivity contribution in [2.24, 2.45) is 5.73 Å². The highest BCUT2D eigenvalue weighted by molar-refractivity contribution is 6.26. The third kappa shape index (κ3) is 3.42. The monoisotopic (exact) mass is 482 g/mol. The summed E-state index contributed by atoms with van der Waals surface area (Å²) < 4.78 is 4.96. The van der Waals surface area contributed by atoms with E-state index in [2.05, 4.69) is 110 Å². The van der Waals surface area contributed by atoms with E-state index in [1.165, 1.54) is 61.2 Å². The van der Waals surface area contributed by atoms with Crippen LogP contribution < -0.4 is 11.1 Å². The predicted molar refractivity (Wildman–Crippen MR) is 160 cm³/mol. The van der Waals surface area contributed by atoms with Gasteiger partial charge in [0.1, 0.15) is 0 Å². The molecule has 1 aliphatic rings. The second kappa shape index (κ2) is 9.42. The Balaban J connectivity index is 0.000000726. The summed E-state index contributed by atoms with van der Waals surface area (Å²) in [7, 11) is 2.04. The van der Waals surface area contributed by atoms with Crippen LogP contribution in [0.25, 0.3) is 49.7 Å². The van der Waals surface area contributed by atoms with Crippen LogP contribution >= 0.6 is 0 Å². The molecular weight excluding hydrogens is 440 g/mol. The van der Waals surface area contributed by atoms with Crippen molar-refractivity contribution in [2.45, 2.75) is 72.6 Å². The Labute approximate surface area is 215 Å². The van der Waals surface area contributed by atoms with Crippen molar-refractivity contribution in [1.82, 2.24) is 14.5 Å². The number of rotatable bonds is 3. The fraction of sp³-hybridized carbons (Fsp3) is 0.375. The van der Waals surface area contributed by atoms with Crippen molar-refractivity contribution in [3.63, 3.8) is 0 Å². The minimum atomic E-state index is -0.243. The van der Waals surface area contributed by atoms with Crippen LogP contribution in [0.4, 0.5) is 0 Å². The van der Waals surface area contributed by atoms with Crippen LogP contribution in [0.2, 0.25) is 0 Å². The lowest BCUT2D eigenvalue weighted by Crippen LogP contribution is -2.34. The zero-order chi connectivity index (χ0) is 25.1. The van der Waals surface area contributed by atoms with Crippen molar-refractivity contribution >= 4 is 49.7 Å². The molecule has 0 saturated carbocycles. The molecular formula is C32H42N4. The van der Waals surface area contributed by atoms with Crippen LogP contribution in [0.1, 0.15) is 65.6 Å². The predicted octanol–water partition coefficient (Wildman–Crippen LogP) is 7.95. The van der Waals surface area contributed by atoms with Crippen molar-refractivity contribution in [3.05, 3.63) is 66.2 Å². The smallest absolute Gasteiger partial charge is 0.0746 e. The van der Waals surface area contributed by atoms with Crippen molar-refractivity contribution in [3.8, 4) is 0 Å². The molecule has 2 atom stereocenters.